The molecule has 2 heterocycles. The van der Waals surface area contributed by atoms with Crippen molar-refractivity contribution in [1.82, 2.24) is 19.9 Å². The van der Waals surface area contributed by atoms with Gasteiger partial charge in [0.05, 0.1) is 18.3 Å². The SMILES string of the molecule is OC(CCl)C(O)c1ncnc2nc[nH]c12. The van der Waals surface area contributed by atoms with E-state index in [0.29, 0.717) is 16.9 Å². The van der Waals surface area contributed by atoms with Crippen molar-refractivity contribution in [1.29, 1.82) is 0 Å². The fourth-order valence-electron chi connectivity index (χ4n) is 1.27. The zero-order valence-corrected chi connectivity index (χ0v) is 8.39. The predicted molar refractivity (Wildman–Crippen MR) is 53.4 cm³/mol. The molecular formula is C8H9ClN4O2. The normalized spacial score (nSPS) is 15.4. The molecule has 0 aromatic carbocycles. The highest BCUT2D eigenvalue weighted by Gasteiger charge is 2.22. The molecule has 0 saturated carbocycles. The number of H-pyrrole nitrogens is 1. The number of aliphatic hydroxyl groups is 2. The molecule has 0 saturated heterocycles. The van der Waals surface area contributed by atoms with E-state index < -0.39 is 12.2 Å². The maximum Gasteiger partial charge on any atom is 0.180 e. The summed E-state index contributed by atoms with van der Waals surface area (Å²) in [4.78, 5) is 14.5. The van der Waals surface area contributed by atoms with Crippen LogP contribution in [0.5, 0.6) is 0 Å². The Morgan fingerprint density at radius 2 is 2.13 bits per heavy atom. The van der Waals surface area contributed by atoms with Gasteiger partial charge in [0.2, 0.25) is 0 Å². The van der Waals surface area contributed by atoms with Crippen molar-refractivity contribution >= 4 is 22.8 Å². The molecule has 0 aliphatic heterocycles. The average Bonchev–Trinajstić information content (AvgIpc) is 2.74. The summed E-state index contributed by atoms with van der Waals surface area (Å²) in [5, 5.41) is 19.1. The second-order valence-electron chi connectivity index (χ2n) is 3.03. The third kappa shape index (κ3) is 1.79. The van der Waals surface area contributed by atoms with Gasteiger partial charge in [0.25, 0.3) is 0 Å². The lowest BCUT2D eigenvalue weighted by Crippen LogP contribution is -2.21. The first-order valence-corrected chi connectivity index (χ1v) is 4.83. The summed E-state index contributed by atoms with van der Waals surface area (Å²) in [6, 6.07) is 0. The van der Waals surface area contributed by atoms with E-state index in [4.69, 9.17) is 11.6 Å². The number of alkyl halides is 1. The second kappa shape index (κ2) is 4.09. The lowest BCUT2D eigenvalue weighted by molar-refractivity contribution is 0.0308. The molecule has 2 aromatic heterocycles. The number of hydrogen-bond donors (Lipinski definition) is 3. The van der Waals surface area contributed by atoms with Gasteiger partial charge < -0.3 is 15.2 Å². The maximum absolute atomic E-state index is 9.73. The molecule has 0 aliphatic carbocycles. The van der Waals surface area contributed by atoms with Crippen LogP contribution in [-0.4, -0.2) is 42.1 Å². The Kier molecular flexibility index (Phi) is 2.81. The number of hydrogen-bond acceptors (Lipinski definition) is 5. The van der Waals surface area contributed by atoms with E-state index in [-0.39, 0.29) is 5.88 Å². The molecule has 80 valence electrons. The van der Waals surface area contributed by atoms with Crippen LogP contribution in [0.3, 0.4) is 0 Å². The zero-order chi connectivity index (χ0) is 10.8. The molecule has 0 radical (unpaired) electrons. The summed E-state index contributed by atoms with van der Waals surface area (Å²) >= 11 is 5.44. The highest BCUT2D eigenvalue weighted by molar-refractivity contribution is 6.18. The predicted octanol–water partition coefficient (Wildman–Crippen LogP) is -0.0140. The quantitative estimate of drug-likeness (QED) is 0.642. The number of fused-ring (bicyclic) bond motifs is 1. The zero-order valence-electron chi connectivity index (χ0n) is 7.63. The summed E-state index contributed by atoms with van der Waals surface area (Å²) in [5.74, 6) is -0.0687. The Bertz CT molecular complexity index is 461. The molecule has 0 bridgehead atoms. The molecule has 0 fully saturated rings. The molecule has 0 amide bonds. The van der Waals surface area contributed by atoms with Crippen molar-refractivity contribution in [3.63, 3.8) is 0 Å². The van der Waals surface area contributed by atoms with Gasteiger partial charge in [-0.3, -0.25) is 0 Å². The van der Waals surface area contributed by atoms with E-state index in [1.807, 2.05) is 0 Å². The van der Waals surface area contributed by atoms with Crippen molar-refractivity contribution in [2.24, 2.45) is 0 Å². The standard InChI is InChI=1S/C8H9ClN4O2/c9-1-4(14)7(15)5-6-8(12-2-10-5)13-3-11-6/h2-4,7,14-15H,1H2,(H,10,11,12,13). The van der Waals surface area contributed by atoms with Crippen LogP contribution in [0, 0.1) is 0 Å². The van der Waals surface area contributed by atoms with Gasteiger partial charge >= 0.3 is 0 Å². The monoisotopic (exact) mass is 228 g/mol. The third-order valence-electron chi connectivity index (χ3n) is 2.06. The van der Waals surface area contributed by atoms with Crippen LogP contribution in [0.1, 0.15) is 11.8 Å². The summed E-state index contributed by atoms with van der Waals surface area (Å²) in [6.45, 7) is 0. The van der Waals surface area contributed by atoms with E-state index in [0.717, 1.165) is 0 Å². The lowest BCUT2D eigenvalue weighted by atomic mass is 10.1. The molecule has 2 unspecified atom stereocenters. The van der Waals surface area contributed by atoms with Crippen LogP contribution >= 0.6 is 11.6 Å². The van der Waals surface area contributed by atoms with Crippen LogP contribution in [0.4, 0.5) is 0 Å². The maximum atomic E-state index is 9.73. The minimum atomic E-state index is -1.14. The van der Waals surface area contributed by atoms with Gasteiger partial charge in [-0.25, -0.2) is 15.0 Å². The van der Waals surface area contributed by atoms with Crippen molar-refractivity contribution in [3.05, 3.63) is 18.3 Å². The van der Waals surface area contributed by atoms with Gasteiger partial charge in [0.1, 0.15) is 23.6 Å². The number of aromatic nitrogens is 4. The van der Waals surface area contributed by atoms with Crippen LogP contribution in [0.25, 0.3) is 11.2 Å². The Hall–Kier alpha value is -1.24. The first-order chi connectivity index (χ1) is 7.24. The minimum absolute atomic E-state index is 0.0687. The van der Waals surface area contributed by atoms with Crippen LogP contribution in [0.2, 0.25) is 0 Å². The number of nitrogens with zero attached hydrogens (tertiary/aromatic N) is 3. The van der Waals surface area contributed by atoms with Crippen molar-refractivity contribution in [3.8, 4) is 0 Å². The molecule has 7 heteroatoms. The summed E-state index contributed by atoms with van der Waals surface area (Å²) in [6.07, 6.45) is 0.521. The summed E-state index contributed by atoms with van der Waals surface area (Å²) in [5.41, 5.74) is 1.25. The van der Waals surface area contributed by atoms with Crippen molar-refractivity contribution in [2.75, 3.05) is 5.88 Å². The summed E-state index contributed by atoms with van der Waals surface area (Å²) in [7, 11) is 0. The number of halogens is 1. The van der Waals surface area contributed by atoms with Gasteiger partial charge in [-0.15, -0.1) is 11.6 Å². The molecular weight excluding hydrogens is 220 g/mol. The number of aliphatic hydroxyl groups excluding tert-OH is 2. The van der Waals surface area contributed by atoms with Crippen LogP contribution in [-0.2, 0) is 0 Å². The Balaban J connectivity index is 2.46. The van der Waals surface area contributed by atoms with E-state index in [1.54, 1.807) is 0 Å². The molecule has 6 nitrogen and oxygen atoms in total. The van der Waals surface area contributed by atoms with Crippen molar-refractivity contribution in [2.45, 2.75) is 12.2 Å². The van der Waals surface area contributed by atoms with Crippen LogP contribution in [0.15, 0.2) is 12.7 Å². The van der Waals surface area contributed by atoms with Gasteiger partial charge in [0.15, 0.2) is 5.65 Å². The molecule has 2 atom stereocenters. The van der Waals surface area contributed by atoms with Gasteiger partial charge in [-0.1, -0.05) is 0 Å². The minimum Gasteiger partial charge on any atom is -0.389 e. The number of imidazole rings is 1. The fraction of sp³-hybridized carbons (Fsp3) is 0.375. The molecule has 3 N–H and O–H groups in total. The Labute approximate surface area is 90.0 Å². The lowest BCUT2D eigenvalue weighted by Gasteiger charge is -2.14. The van der Waals surface area contributed by atoms with Gasteiger partial charge in [-0.05, 0) is 0 Å². The summed E-state index contributed by atoms with van der Waals surface area (Å²) < 4.78 is 0. The molecule has 15 heavy (non-hydrogen) atoms. The van der Waals surface area contributed by atoms with Crippen molar-refractivity contribution < 1.29 is 10.2 Å². The van der Waals surface area contributed by atoms with E-state index in [1.165, 1.54) is 12.7 Å². The first kappa shape index (κ1) is 10.3. The van der Waals surface area contributed by atoms with E-state index in [9.17, 15) is 10.2 Å². The third-order valence-corrected chi connectivity index (χ3v) is 2.37. The highest BCUT2D eigenvalue weighted by atomic mass is 35.5. The smallest absolute Gasteiger partial charge is 0.180 e. The number of rotatable bonds is 3. The van der Waals surface area contributed by atoms with Gasteiger partial charge in [-0.2, -0.15) is 0 Å². The van der Waals surface area contributed by atoms with E-state index >= 15 is 0 Å². The molecule has 0 aliphatic rings. The fourth-order valence-corrected chi connectivity index (χ4v) is 1.44. The number of nitrogens with one attached hydrogen (secondary N) is 1. The average molecular weight is 229 g/mol. The largest absolute Gasteiger partial charge is 0.389 e. The molecule has 0 spiro atoms. The van der Waals surface area contributed by atoms with E-state index in [2.05, 4.69) is 19.9 Å². The highest BCUT2D eigenvalue weighted by Crippen LogP contribution is 2.20. The number of aromatic amines is 1. The molecule has 2 aromatic rings. The first-order valence-electron chi connectivity index (χ1n) is 4.30. The Morgan fingerprint density at radius 1 is 1.33 bits per heavy atom. The second-order valence-corrected chi connectivity index (χ2v) is 3.34. The topological polar surface area (TPSA) is 94.9 Å². The molecule has 2 rings (SSSR count). The van der Waals surface area contributed by atoms with Gasteiger partial charge in [0, 0.05) is 0 Å². The van der Waals surface area contributed by atoms with Crippen LogP contribution < -0.4 is 0 Å². The Morgan fingerprint density at radius 3 is 2.87 bits per heavy atom.